The van der Waals surface area contributed by atoms with Crippen molar-refractivity contribution in [3.05, 3.63) is 65.3 Å². The molecule has 1 aromatic carbocycles. The number of carbonyl (C=O) groups excluding carboxylic acids is 1. The molecule has 0 spiro atoms. The molecule has 2 aromatic heterocycles. The number of nitrogens with zero attached hydrogens (tertiary/aromatic N) is 3. The lowest BCUT2D eigenvalue weighted by Gasteiger charge is -2.21. The summed E-state index contributed by atoms with van der Waals surface area (Å²) in [6, 6.07) is 8.11. The summed E-state index contributed by atoms with van der Waals surface area (Å²) >= 11 is 7.22. The molecular formula is C21H17ClF3N3OS2. The molecule has 0 aliphatic rings. The lowest BCUT2D eigenvalue weighted by atomic mass is 10.1. The Morgan fingerprint density at radius 2 is 2.10 bits per heavy atom. The third kappa shape index (κ3) is 5.87. The van der Waals surface area contributed by atoms with Crippen LogP contribution in [-0.2, 0) is 11.2 Å². The summed E-state index contributed by atoms with van der Waals surface area (Å²) in [6.45, 7) is 5.34. The highest BCUT2D eigenvalue weighted by molar-refractivity contribution is 8.02. The lowest BCUT2D eigenvalue weighted by Crippen LogP contribution is -2.26. The first-order valence-electron chi connectivity index (χ1n) is 9.15. The van der Waals surface area contributed by atoms with Crippen molar-refractivity contribution in [1.82, 2.24) is 9.97 Å². The maximum Gasteiger partial charge on any atom is 0.462 e. The Balaban J connectivity index is 1.91. The third-order valence-electron chi connectivity index (χ3n) is 4.11. The number of alkyl halides is 3. The average Bonchev–Trinajstić information content (AvgIpc) is 3.21. The molecule has 3 rings (SSSR count). The number of benzene rings is 1. The predicted octanol–water partition coefficient (Wildman–Crippen LogP) is 7.17. The van der Waals surface area contributed by atoms with E-state index in [1.165, 1.54) is 23.5 Å². The Labute approximate surface area is 190 Å². The van der Waals surface area contributed by atoms with Crippen LogP contribution in [0.5, 0.6) is 0 Å². The van der Waals surface area contributed by atoms with Gasteiger partial charge in [-0.2, -0.15) is 13.2 Å². The number of halogens is 4. The fourth-order valence-electron chi connectivity index (χ4n) is 2.78. The molecule has 0 radical (unpaired) electrons. The summed E-state index contributed by atoms with van der Waals surface area (Å²) in [6.07, 6.45) is 4.41. The molecule has 4 nitrogen and oxygen atoms in total. The van der Waals surface area contributed by atoms with Crippen molar-refractivity contribution in [1.29, 1.82) is 0 Å². The van der Waals surface area contributed by atoms with Crippen LogP contribution in [0.2, 0.25) is 5.02 Å². The van der Waals surface area contributed by atoms with Gasteiger partial charge in [0.2, 0.25) is 0 Å². The van der Waals surface area contributed by atoms with Gasteiger partial charge in [-0.3, -0.25) is 9.78 Å². The molecule has 0 saturated heterocycles. The average molecular weight is 484 g/mol. The molecule has 10 heteroatoms. The van der Waals surface area contributed by atoms with Crippen LogP contribution >= 0.6 is 34.9 Å². The molecular weight excluding hydrogens is 467 g/mol. The molecule has 0 fully saturated rings. The predicted molar refractivity (Wildman–Crippen MR) is 121 cm³/mol. The Hall–Kier alpha value is -2.36. The van der Waals surface area contributed by atoms with Crippen molar-refractivity contribution in [3.8, 4) is 21.8 Å². The topological polar surface area (TPSA) is 46.1 Å². The molecule has 1 amide bonds. The van der Waals surface area contributed by atoms with Gasteiger partial charge in [-0.1, -0.05) is 31.5 Å². The van der Waals surface area contributed by atoms with Crippen molar-refractivity contribution >= 4 is 46.5 Å². The number of thiazole rings is 1. The molecule has 0 saturated carbocycles. The monoisotopic (exact) mass is 483 g/mol. The van der Waals surface area contributed by atoms with E-state index in [1.807, 2.05) is 17.5 Å². The van der Waals surface area contributed by atoms with Gasteiger partial charge in [-0.15, -0.1) is 11.3 Å². The van der Waals surface area contributed by atoms with Gasteiger partial charge in [0.25, 0.3) is 5.91 Å². The summed E-state index contributed by atoms with van der Waals surface area (Å²) in [7, 11) is 0. The molecule has 2 heterocycles. The van der Waals surface area contributed by atoms with Crippen molar-refractivity contribution in [3.63, 3.8) is 0 Å². The second-order valence-electron chi connectivity index (χ2n) is 6.36. The zero-order valence-electron chi connectivity index (χ0n) is 16.3. The van der Waals surface area contributed by atoms with Crippen molar-refractivity contribution < 1.29 is 18.0 Å². The first-order chi connectivity index (χ1) is 14.7. The summed E-state index contributed by atoms with van der Waals surface area (Å²) in [5, 5.41) is 2.79. The fraction of sp³-hybridized carbons (Fsp3) is 0.190. The highest BCUT2D eigenvalue weighted by Crippen LogP contribution is 2.40. The molecule has 162 valence electrons. The molecule has 0 aliphatic carbocycles. The van der Waals surface area contributed by atoms with Gasteiger partial charge < -0.3 is 0 Å². The summed E-state index contributed by atoms with van der Waals surface area (Å²) in [5.41, 5.74) is -1.58. The minimum Gasteiger partial charge on any atom is -0.268 e. The van der Waals surface area contributed by atoms with Gasteiger partial charge in [0.1, 0.15) is 5.01 Å². The maximum absolute atomic E-state index is 12.9. The number of rotatable bonds is 7. The highest BCUT2D eigenvalue weighted by Gasteiger charge is 2.35. The van der Waals surface area contributed by atoms with Crippen LogP contribution in [-0.4, -0.2) is 21.4 Å². The highest BCUT2D eigenvalue weighted by atomic mass is 35.5. The van der Waals surface area contributed by atoms with Crippen LogP contribution in [0.3, 0.4) is 0 Å². The lowest BCUT2D eigenvalue weighted by molar-refractivity contribution is -0.113. The van der Waals surface area contributed by atoms with E-state index < -0.39 is 23.4 Å². The maximum atomic E-state index is 12.9. The van der Waals surface area contributed by atoms with Crippen molar-refractivity contribution in [2.24, 2.45) is 0 Å². The molecule has 0 bridgehead atoms. The van der Waals surface area contributed by atoms with E-state index in [0.29, 0.717) is 15.6 Å². The smallest absolute Gasteiger partial charge is 0.268 e. The number of hydrogen-bond acceptors (Lipinski definition) is 5. The van der Waals surface area contributed by atoms with Crippen LogP contribution in [0, 0.1) is 0 Å². The van der Waals surface area contributed by atoms with E-state index in [-0.39, 0.29) is 10.7 Å². The van der Waals surface area contributed by atoms with Gasteiger partial charge in [-0.25, -0.2) is 9.29 Å². The zero-order valence-corrected chi connectivity index (χ0v) is 18.7. The molecule has 0 aliphatic heterocycles. The third-order valence-corrected chi connectivity index (χ3v) is 6.09. The van der Waals surface area contributed by atoms with Gasteiger partial charge in [-0.05, 0) is 42.8 Å². The van der Waals surface area contributed by atoms with Gasteiger partial charge in [0.15, 0.2) is 0 Å². The number of anilines is 1. The van der Waals surface area contributed by atoms with E-state index in [9.17, 15) is 18.0 Å². The summed E-state index contributed by atoms with van der Waals surface area (Å²) in [5.74, 6) is -0.900. The van der Waals surface area contributed by atoms with Gasteiger partial charge in [0.05, 0.1) is 28.4 Å². The quantitative estimate of drug-likeness (QED) is 0.264. The number of pyridine rings is 1. The summed E-state index contributed by atoms with van der Waals surface area (Å²) in [4.78, 5) is 20.9. The zero-order chi connectivity index (χ0) is 22.6. The second kappa shape index (κ2) is 9.84. The largest absolute Gasteiger partial charge is 0.462 e. The van der Waals surface area contributed by atoms with Crippen molar-refractivity contribution in [2.75, 3.05) is 4.31 Å². The van der Waals surface area contributed by atoms with Crippen molar-refractivity contribution in [2.45, 2.75) is 25.3 Å². The van der Waals surface area contributed by atoms with Crippen LogP contribution in [0.4, 0.5) is 18.9 Å². The Bertz CT molecular complexity index is 1100. The van der Waals surface area contributed by atoms with E-state index in [4.69, 9.17) is 11.6 Å². The molecule has 0 atom stereocenters. The van der Waals surface area contributed by atoms with Crippen LogP contribution in [0.1, 0.15) is 19.0 Å². The normalized spacial score (nSPS) is 11.4. The Morgan fingerprint density at radius 3 is 2.74 bits per heavy atom. The molecule has 31 heavy (non-hydrogen) atoms. The number of amides is 1. The molecule has 0 N–H and O–H groups in total. The first kappa shape index (κ1) is 23.3. The minimum atomic E-state index is -4.64. The van der Waals surface area contributed by atoms with Gasteiger partial charge >= 0.3 is 5.51 Å². The number of carbonyl (C=O) groups is 1. The second-order valence-corrected chi connectivity index (χ2v) is 8.64. The standard InChI is InChI=1S/C21H17ClF3N3OS2/c1-3-5-14-10-13(8-9-26-14)20-27-18(12-30-20)16-7-6-15(11-17(16)22)28(19(29)4-2)31-21(23,24)25/h4,6-12H,2-3,5H2,1H3. The van der Waals surface area contributed by atoms with E-state index >= 15 is 0 Å². The number of aryl methyl sites for hydroxylation is 1. The number of aromatic nitrogens is 2. The van der Waals surface area contributed by atoms with E-state index in [2.05, 4.69) is 23.5 Å². The Kier molecular flexibility index (Phi) is 7.40. The van der Waals surface area contributed by atoms with Crippen LogP contribution in [0.15, 0.2) is 54.6 Å². The SMILES string of the molecule is C=CC(=O)N(SC(F)(F)F)c1ccc(-c2csc(-c3ccnc(CCC)c3)n2)c(Cl)c1. The van der Waals surface area contributed by atoms with E-state index in [1.54, 1.807) is 12.3 Å². The fourth-order valence-corrected chi connectivity index (χ4v) is 4.46. The molecule has 0 unspecified atom stereocenters. The minimum absolute atomic E-state index is 0.00484. The number of hydrogen-bond donors (Lipinski definition) is 0. The first-order valence-corrected chi connectivity index (χ1v) is 11.2. The van der Waals surface area contributed by atoms with Crippen LogP contribution < -0.4 is 4.31 Å². The molecule has 3 aromatic rings. The summed E-state index contributed by atoms with van der Waals surface area (Å²) < 4.78 is 39.1. The van der Waals surface area contributed by atoms with Crippen LogP contribution in [0.25, 0.3) is 21.8 Å². The van der Waals surface area contributed by atoms with E-state index in [0.717, 1.165) is 35.2 Å². The van der Waals surface area contributed by atoms with Gasteiger partial charge in [0, 0.05) is 28.4 Å². The Morgan fingerprint density at radius 1 is 1.32 bits per heavy atom.